The number of hydrogen-bond donors (Lipinski definition) is 1. The van der Waals surface area contributed by atoms with Crippen molar-refractivity contribution in [1.82, 2.24) is 4.31 Å². The maximum atomic E-state index is 13.2. The highest BCUT2D eigenvalue weighted by molar-refractivity contribution is 7.89. The van der Waals surface area contributed by atoms with Crippen LogP contribution in [0.15, 0.2) is 77.7 Å². The number of fused-ring (bicyclic) bond motifs is 1. The van der Waals surface area contributed by atoms with Gasteiger partial charge in [-0.2, -0.15) is 4.31 Å². The van der Waals surface area contributed by atoms with Crippen LogP contribution >= 0.6 is 0 Å². The molecule has 3 aromatic rings. The molecule has 0 unspecified atom stereocenters. The molecule has 1 aliphatic rings. The lowest BCUT2D eigenvalue weighted by Gasteiger charge is -2.28. The molecule has 0 radical (unpaired) electrons. The first-order valence-electron chi connectivity index (χ1n) is 9.63. The van der Waals surface area contributed by atoms with Crippen molar-refractivity contribution in [3.63, 3.8) is 0 Å². The molecule has 158 valence electrons. The smallest absolute Gasteiger partial charge is 0.343 e. The van der Waals surface area contributed by atoms with Crippen LogP contribution in [0.3, 0.4) is 0 Å². The van der Waals surface area contributed by atoms with Crippen LogP contribution in [0.2, 0.25) is 0 Å². The molecular weight excluding hydrogens is 416 g/mol. The average Bonchev–Trinajstić information content (AvgIpc) is 2.79. The average molecular weight is 436 g/mol. The number of rotatable bonds is 5. The van der Waals surface area contributed by atoms with E-state index in [1.165, 1.54) is 52.8 Å². The summed E-state index contributed by atoms with van der Waals surface area (Å²) in [6.45, 7) is 0.654. The molecule has 0 spiro atoms. The van der Waals surface area contributed by atoms with Crippen molar-refractivity contribution < 1.29 is 22.7 Å². The minimum absolute atomic E-state index is 0.0206. The van der Waals surface area contributed by atoms with Gasteiger partial charge in [0.2, 0.25) is 15.9 Å². The van der Waals surface area contributed by atoms with Crippen LogP contribution in [0, 0.1) is 0 Å². The topological polar surface area (TPSA) is 107 Å². The van der Waals surface area contributed by atoms with E-state index in [4.69, 9.17) is 10.5 Å². The van der Waals surface area contributed by atoms with Crippen molar-refractivity contribution in [3.05, 3.63) is 95.1 Å². The van der Waals surface area contributed by atoms with Gasteiger partial charge in [0.25, 0.3) is 0 Å². The van der Waals surface area contributed by atoms with Crippen LogP contribution in [-0.4, -0.2) is 31.1 Å². The Balaban J connectivity index is 1.56. The zero-order valence-corrected chi connectivity index (χ0v) is 17.3. The van der Waals surface area contributed by atoms with E-state index in [9.17, 15) is 18.0 Å². The number of nitrogens with zero attached hydrogens (tertiary/aromatic N) is 1. The fourth-order valence-electron chi connectivity index (χ4n) is 3.49. The van der Waals surface area contributed by atoms with Crippen LogP contribution in [-0.2, 0) is 23.0 Å². The number of ether oxygens (including phenoxy) is 1. The first-order valence-corrected chi connectivity index (χ1v) is 11.1. The van der Waals surface area contributed by atoms with E-state index in [1.807, 2.05) is 24.3 Å². The van der Waals surface area contributed by atoms with E-state index in [2.05, 4.69) is 0 Å². The molecular formula is C23H20N2O5S. The Bertz CT molecular complexity index is 1270. The van der Waals surface area contributed by atoms with E-state index in [0.717, 1.165) is 11.1 Å². The third-order valence-corrected chi connectivity index (χ3v) is 6.97. The molecule has 3 aromatic carbocycles. The fraction of sp³-hybridized carbons (Fsp3) is 0.130. The summed E-state index contributed by atoms with van der Waals surface area (Å²) in [4.78, 5) is 23.9. The summed E-state index contributed by atoms with van der Waals surface area (Å²) in [5.41, 5.74) is 7.65. The van der Waals surface area contributed by atoms with Crippen molar-refractivity contribution in [2.75, 3.05) is 6.54 Å². The van der Waals surface area contributed by atoms with Gasteiger partial charge >= 0.3 is 5.97 Å². The Morgan fingerprint density at radius 1 is 0.871 bits per heavy atom. The molecule has 31 heavy (non-hydrogen) atoms. The molecule has 2 N–H and O–H groups in total. The summed E-state index contributed by atoms with van der Waals surface area (Å²) < 4.78 is 33.1. The lowest BCUT2D eigenvalue weighted by molar-refractivity contribution is 0.0733. The third kappa shape index (κ3) is 4.35. The Morgan fingerprint density at radius 2 is 1.58 bits per heavy atom. The second-order valence-corrected chi connectivity index (χ2v) is 9.10. The monoisotopic (exact) mass is 436 g/mol. The van der Waals surface area contributed by atoms with Gasteiger partial charge in [-0.3, -0.25) is 4.79 Å². The van der Waals surface area contributed by atoms with Gasteiger partial charge < -0.3 is 10.5 Å². The molecule has 1 heterocycles. The van der Waals surface area contributed by atoms with Crippen molar-refractivity contribution in [3.8, 4) is 5.75 Å². The quantitative estimate of drug-likeness (QED) is 0.489. The third-order valence-electron chi connectivity index (χ3n) is 5.13. The van der Waals surface area contributed by atoms with Gasteiger partial charge in [0.05, 0.1) is 10.5 Å². The maximum Gasteiger partial charge on any atom is 0.343 e. The zero-order valence-electron chi connectivity index (χ0n) is 16.5. The minimum Gasteiger partial charge on any atom is -0.423 e. The number of carbonyl (C=O) groups is 2. The highest BCUT2D eigenvalue weighted by Gasteiger charge is 2.28. The molecule has 4 rings (SSSR count). The van der Waals surface area contributed by atoms with Crippen LogP contribution in [0.4, 0.5) is 0 Å². The largest absolute Gasteiger partial charge is 0.423 e. The predicted octanol–water partition coefficient (Wildman–Crippen LogP) is 2.75. The van der Waals surface area contributed by atoms with Crippen molar-refractivity contribution in [2.24, 2.45) is 5.73 Å². The fourth-order valence-corrected chi connectivity index (χ4v) is 4.95. The number of amides is 1. The molecule has 0 saturated carbocycles. The van der Waals surface area contributed by atoms with Gasteiger partial charge in [-0.15, -0.1) is 0 Å². The van der Waals surface area contributed by atoms with E-state index in [-0.39, 0.29) is 28.3 Å². The molecule has 1 aliphatic heterocycles. The van der Waals surface area contributed by atoms with Crippen LogP contribution in [0.25, 0.3) is 0 Å². The number of benzene rings is 3. The number of primary amides is 1. The van der Waals surface area contributed by atoms with Gasteiger partial charge in [0.1, 0.15) is 5.75 Å². The van der Waals surface area contributed by atoms with Gasteiger partial charge in [-0.1, -0.05) is 36.4 Å². The Hall–Kier alpha value is -3.49. The van der Waals surface area contributed by atoms with Crippen LogP contribution in [0.1, 0.15) is 31.8 Å². The molecule has 8 heteroatoms. The first kappa shape index (κ1) is 20.8. The lowest BCUT2D eigenvalue weighted by atomic mass is 10.0. The van der Waals surface area contributed by atoms with E-state index >= 15 is 0 Å². The summed E-state index contributed by atoms with van der Waals surface area (Å²) in [7, 11) is -3.79. The standard InChI is InChI=1S/C23H20N2O5S/c24-22(26)17-7-3-9-20(13-17)30-23(27)18-8-4-10-21(14-18)31(28,29)25-12-11-16-5-1-2-6-19(16)15-25/h1-10,13-14H,11-12,15H2,(H2,24,26). The van der Waals surface area contributed by atoms with Crippen LogP contribution < -0.4 is 10.5 Å². The van der Waals surface area contributed by atoms with Crippen molar-refractivity contribution >= 4 is 21.9 Å². The number of hydrogen-bond acceptors (Lipinski definition) is 5. The first-order chi connectivity index (χ1) is 14.8. The SMILES string of the molecule is NC(=O)c1cccc(OC(=O)c2cccc(S(=O)(=O)N3CCc4ccccc4C3)c2)c1. The normalized spacial score (nSPS) is 13.9. The summed E-state index contributed by atoms with van der Waals surface area (Å²) >= 11 is 0. The molecule has 0 saturated heterocycles. The summed E-state index contributed by atoms with van der Waals surface area (Å²) in [5, 5.41) is 0. The number of esters is 1. The number of sulfonamides is 1. The highest BCUT2D eigenvalue weighted by Crippen LogP contribution is 2.25. The molecule has 0 aromatic heterocycles. The van der Waals surface area contributed by atoms with Crippen LogP contribution in [0.5, 0.6) is 5.75 Å². The summed E-state index contributed by atoms with van der Waals surface area (Å²) in [5.74, 6) is -1.24. The molecule has 0 atom stereocenters. The van der Waals surface area contributed by atoms with Gasteiger partial charge in [0.15, 0.2) is 0 Å². The Morgan fingerprint density at radius 3 is 2.35 bits per heavy atom. The van der Waals surface area contributed by atoms with Gasteiger partial charge in [0, 0.05) is 18.7 Å². The second kappa shape index (κ2) is 8.33. The zero-order chi connectivity index (χ0) is 22.0. The summed E-state index contributed by atoms with van der Waals surface area (Å²) in [6.07, 6.45) is 0.632. The second-order valence-electron chi connectivity index (χ2n) is 7.17. The predicted molar refractivity (Wildman–Crippen MR) is 114 cm³/mol. The van der Waals surface area contributed by atoms with Crippen molar-refractivity contribution in [2.45, 2.75) is 17.9 Å². The highest BCUT2D eigenvalue weighted by atomic mass is 32.2. The Kier molecular flexibility index (Phi) is 5.58. The van der Waals surface area contributed by atoms with E-state index in [1.54, 1.807) is 0 Å². The van der Waals surface area contributed by atoms with E-state index in [0.29, 0.717) is 13.0 Å². The van der Waals surface area contributed by atoms with Gasteiger partial charge in [-0.05, 0) is 53.9 Å². The number of nitrogens with two attached hydrogens (primary N) is 1. The van der Waals surface area contributed by atoms with Crippen molar-refractivity contribution in [1.29, 1.82) is 0 Å². The van der Waals surface area contributed by atoms with E-state index < -0.39 is 21.9 Å². The molecule has 0 bridgehead atoms. The molecule has 1 amide bonds. The molecule has 7 nitrogen and oxygen atoms in total. The maximum absolute atomic E-state index is 13.2. The Labute approximate surface area is 180 Å². The number of carbonyl (C=O) groups excluding carboxylic acids is 2. The molecule has 0 fully saturated rings. The minimum atomic E-state index is -3.79. The molecule has 0 aliphatic carbocycles. The van der Waals surface area contributed by atoms with Gasteiger partial charge in [-0.25, -0.2) is 13.2 Å². The summed E-state index contributed by atoms with van der Waals surface area (Å²) in [6, 6.07) is 19.4. The lowest BCUT2D eigenvalue weighted by Crippen LogP contribution is -2.36.